The first kappa shape index (κ1) is 27.0. The molecule has 8 heteroatoms. The zero-order valence-electron chi connectivity index (χ0n) is 23.9. The van der Waals surface area contributed by atoms with Crippen molar-refractivity contribution in [3.63, 3.8) is 0 Å². The summed E-state index contributed by atoms with van der Waals surface area (Å²) >= 11 is 0. The van der Waals surface area contributed by atoms with Crippen LogP contribution in [0.2, 0.25) is 0 Å². The van der Waals surface area contributed by atoms with E-state index in [1.165, 1.54) is 11.1 Å². The molecule has 0 saturated carbocycles. The number of nitrogens with zero attached hydrogens (tertiary/aromatic N) is 2. The van der Waals surface area contributed by atoms with Crippen molar-refractivity contribution in [1.29, 1.82) is 0 Å². The second-order valence-electron chi connectivity index (χ2n) is 10.6. The fraction of sp³-hybridized carbons (Fsp3) is 0.364. The number of benzene rings is 3. The Hall–Kier alpha value is -4.17. The minimum atomic E-state index is -0.194. The molecule has 1 N–H and O–H groups in total. The molecule has 3 heterocycles. The van der Waals surface area contributed by atoms with E-state index in [2.05, 4.69) is 53.3 Å². The van der Waals surface area contributed by atoms with E-state index >= 15 is 0 Å². The summed E-state index contributed by atoms with van der Waals surface area (Å²) in [5.74, 6) is 2.88. The number of carbonyl (C=O) groups excluding carboxylic acids is 1. The number of piperazine rings is 1. The van der Waals surface area contributed by atoms with Gasteiger partial charge < -0.3 is 28.8 Å². The number of amides is 1. The van der Waals surface area contributed by atoms with Crippen LogP contribution in [0.15, 0.2) is 60.8 Å². The highest BCUT2D eigenvalue weighted by Gasteiger charge is 2.30. The summed E-state index contributed by atoms with van der Waals surface area (Å²) < 4.78 is 22.5. The molecule has 1 aromatic heterocycles. The Bertz CT molecular complexity index is 1540. The molecule has 0 radical (unpaired) electrons. The summed E-state index contributed by atoms with van der Waals surface area (Å²) in [6, 6.07) is 18.4. The molecule has 6 rings (SSSR count). The molecule has 4 aromatic rings. The number of aromatic amines is 1. The number of fused-ring (bicyclic) bond motifs is 2. The maximum Gasteiger partial charge on any atom is 0.231 e. The number of hydrogen-bond acceptors (Lipinski definition) is 6. The SMILES string of the molecule is CCc1cccc2c(C(CC(=O)N3CCN(Cc4ccc5c(c4)OCO5)CC3)c3cccc(OC)c3OC)c[nH]c12. The lowest BCUT2D eigenvalue weighted by molar-refractivity contribution is -0.133. The van der Waals surface area contributed by atoms with Gasteiger partial charge in [-0.3, -0.25) is 9.69 Å². The second kappa shape index (κ2) is 11.7. The van der Waals surface area contributed by atoms with Crippen molar-refractivity contribution in [1.82, 2.24) is 14.8 Å². The van der Waals surface area contributed by atoms with Gasteiger partial charge in [0.15, 0.2) is 23.0 Å². The van der Waals surface area contributed by atoms with Crippen LogP contribution in [0, 0.1) is 0 Å². The number of nitrogens with one attached hydrogen (secondary N) is 1. The summed E-state index contributed by atoms with van der Waals surface area (Å²) in [5, 5.41) is 1.14. The van der Waals surface area contributed by atoms with Crippen LogP contribution in [0.4, 0.5) is 0 Å². The standard InChI is InChI=1S/C33H37N3O5/c1-4-23-7-5-8-24-27(19-34-32(23)24)26(25-9-6-10-29(38-2)33(25)39-3)18-31(37)36-15-13-35(14-16-36)20-22-11-12-28-30(17-22)41-21-40-28/h5-12,17,19,26,34H,4,13-16,18,20-21H2,1-3H3. The van der Waals surface area contributed by atoms with Gasteiger partial charge in [-0.1, -0.05) is 43.3 Å². The summed E-state index contributed by atoms with van der Waals surface area (Å²) in [4.78, 5) is 21.8. The van der Waals surface area contributed by atoms with Gasteiger partial charge in [0.05, 0.1) is 14.2 Å². The number of H-pyrrole nitrogens is 1. The van der Waals surface area contributed by atoms with Crippen LogP contribution in [-0.2, 0) is 17.8 Å². The lowest BCUT2D eigenvalue weighted by Gasteiger charge is -2.35. The monoisotopic (exact) mass is 555 g/mol. The van der Waals surface area contributed by atoms with Crippen LogP contribution in [0.1, 0.15) is 41.5 Å². The van der Waals surface area contributed by atoms with Crippen LogP contribution in [0.25, 0.3) is 10.9 Å². The molecule has 0 bridgehead atoms. The van der Waals surface area contributed by atoms with Crippen LogP contribution in [-0.4, -0.2) is 67.9 Å². The van der Waals surface area contributed by atoms with Gasteiger partial charge in [-0.25, -0.2) is 0 Å². The maximum absolute atomic E-state index is 13.9. The first-order valence-corrected chi connectivity index (χ1v) is 14.3. The number of para-hydroxylation sites is 2. The van der Waals surface area contributed by atoms with Crippen molar-refractivity contribution in [3.8, 4) is 23.0 Å². The lowest BCUT2D eigenvalue weighted by atomic mass is 9.86. The summed E-state index contributed by atoms with van der Waals surface area (Å²) in [6.07, 6.45) is 3.33. The van der Waals surface area contributed by atoms with Crippen molar-refractivity contribution in [2.45, 2.75) is 32.2 Å². The molecule has 0 aliphatic carbocycles. The van der Waals surface area contributed by atoms with E-state index in [9.17, 15) is 4.79 Å². The van der Waals surface area contributed by atoms with E-state index in [4.69, 9.17) is 18.9 Å². The Balaban J connectivity index is 1.22. The topological polar surface area (TPSA) is 76.3 Å². The number of carbonyl (C=O) groups is 1. The van der Waals surface area contributed by atoms with Gasteiger partial charge in [0, 0.05) is 67.7 Å². The van der Waals surface area contributed by atoms with Crippen LogP contribution in [0.5, 0.6) is 23.0 Å². The Morgan fingerprint density at radius 1 is 0.951 bits per heavy atom. The van der Waals surface area contributed by atoms with E-state index < -0.39 is 0 Å². The first-order chi connectivity index (χ1) is 20.1. The molecule has 1 unspecified atom stereocenters. The molecule has 2 aliphatic rings. The first-order valence-electron chi connectivity index (χ1n) is 14.3. The summed E-state index contributed by atoms with van der Waals surface area (Å²) in [5.41, 5.74) is 5.61. The minimum absolute atomic E-state index is 0.142. The fourth-order valence-electron chi connectivity index (χ4n) is 6.15. The highest BCUT2D eigenvalue weighted by Crippen LogP contribution is 2.42. The van der Waals surface area contributed by atoms with Gasteiger partial charge >= 0.3 is 0 Å². The van der Waals surface area contributed by atoms with Crippen molar-refractivity contribution in [2.24, 2.45) is 0 Å². The molecule has 3 aromatic carbocycles. The fourth-order valence-corrected chi connectivity index (χ4v) is 6.15. The van der Waals surface area contributed by atoms with Gasteiger partial charge in [-0.15, -0.1) is 0 Å². The van der Waals surface area contributed by atoms with E-state index in [0.29, 0.717) is 31.0 Å². The van der Waals surface area contributed by atoms with Gasteiger partial charge in [0.2, 0.25) is 12.7 Å². The number of rotatable bonds is 9. The smallest absolute Gasteiger partial charge is 0.231 e. The molecule has 41 heavy (non-hydrogen) atoms. The average Bonchev–Trinajstić information content (AvgIpc) is 3.66. The molecule has 214 valence electrons. The van der Waals surface area contributed by atoms with Crippen LogP contribution in [0.3, 0.4) is 0 Å². The van der Waals surface area contributed by atoms with Crippen molar-refractivity contribution < 1.29 is 23.7 Å². The summed E-state index contributed by atoms with van der Waals surface area (Å²) in [6.45, 7) is 6.28. The van der Waals surface area contributed by atoms with Crippen LogP contribution >= 0.6 is 0 Å². The summed E-state index contributed by atoms with van der Waals surface area (Å²) in [7, 11) is 3.30. The van der Waals surface area contributed by atoms with E-state index in [1.54, 1.807) is 14.2 Å². The van der Waals surface area contributed by atoms with Gasteiger partial charge in [0.1, 0.15) is 0 Å². The molecule has 2 aliphatic heterocycles. The number of methoxy groups -OCH3 is 2. The third kappa shape index (κ3) is 5.32. The van der Waals surface area contributed by atoms with E-state index in [0.717, 1.165) is 59.6 Å². The Morgan fingerprint density at radius 3 is 2.54 bits per heavy atom. The Morgan fingerprint density at radius 2 is 1.76 bits per heavy atom. The highest BCUT2D eigenvalue weighted by atomic mass is 16.7. The third-order valence-electron chi connectivity index (χ3n) is 8.35. The van der Waals surface area contributed by atoms with E-state index in [1.807, 2.05) is 29.2 Å². The van der Waals surface area contributed by atoms with Crippen molar-refractivity contribution in [2.75, 3.05) is 47.2 Å². The van der Waals surface area contributed by atoms with E-state index in [-0.39, 0.29) is 18.6 Å². The molecule has 8 nitrogen and oxygen atoms in total. The Labute approximate surface area is 240 Å². The molecule has 1 fully saturated rings. The minimum Gasteiger partial charge on any atom is -0.493 e. The average molecular weight is 556 g/mol. The zero-order valence-corrected chi connectivity index (χ0v) is 23.9. The molecule has 1 saturated heterocycles. The second-order valence-corrected chi connectivity index (χ2v) is 10.6. The Kier molecular flexibility index (Phi) is 7.74. The highest BCUT2D eigenvalue weighted by molar-refractivity contribution is 5.88. The lowest BCUT2D eigenvalue weighted by Crippen LogP contribution is -2.48. The van der Waals surface area contributed by atoms with Gasteiger partial charge in [-0.2, -0.15) is 0 Å². The van der Waals surface area contributed by atoms with Gasteiger partial charge in [-0.05, 0) is 41.3 Å². The number of ether oxygens (including phenoxy) is 4. The van der Waals surface area contributed by atoms with Crippen molar-refractivity contribution >= 4 is 16.8 Å². The zero-order chi connectivity index (χ0) is 28.3. The quantitative estimate of drug-likeness (QED) is 0.300. The number of aromatic nitrogens is 1. The normalized spacial score (nSPS) is 15.7. The third-order valence-corrected chi connectivity index (χ3v) is 8.35. The predicted octanol–water partition coefficient (Wildman–Crippen LogP) is 5.34. The van der Waals surface area contributed by atoms with Crippen molar-refractivity contribution in [3.05, 3.63) is 83.0 Å². The molecule has 1 amide bonds. The predicted molar refractivity (Wildman–Crippen MR) is 158 cm³/mol. The molecule has 1 atom stereocenters. The molecule has 0 spiro atoms. The maximum atomic E-state index is 13.9. The molecular weight excluding hydrogens is 518 g/mol. The van der Waals surface area contributed by atoms with Gasteiger partial charge in [0.25, 0.3) is 0 Å². The van der Waals surface area contributed by atoms with Crippen LogP contribution < -0.4 is 18.9 Å². The largest absolute Gasteiger partial charge is 0.493 e. The molecular formula is C33H37N3O5. The number of aryl methyl sites for hydroxylation is 1. The number of hydrogen-bond donors (Lipinski definition) is 1.